The summed E-state index contributed by atoms with van der Waals surface area (Å²) in [5.41, 5.74) is 0.0680. The molecule has 13 heteroatoms. The van der Waals surface area contributed by atoms with Gasteiger partial charge in [0.05, 0.1) is 19.5 Å². The number of hydrogen-bond donors (Lipinski definition) is 2. The number of amides is 1. The molecule has 0 saturated carbocycles. The third-order valence-corrected chi connectivity index (χ3v) is 14.5. The summed E-state index contributed by atoms with van der Waals surface area (Å²) < 4.78 is 30.0. The van der Waals surface area contributed by atoms with E-state index in [4.69, 9.17) is 18.6 Å². The molecule has 5 rings (SSSR count). The third kappa shape index (κ3) is 7.67. The molecule has 0 bridgehead atoms. The van der Waals surface area contributed by atoms with Crippen molar-refractivity contribution in [1.29, 1.82) is 0 Å². The molecule has 1 saturated heterocycles. The van der Waals surface area contributed by atoms with Crippen LogP contribution in [0.4, 0.5) is 5.82 Å². The van der Waals surface area contributed by atoms with E-state index in [-0.39, 0.29) is 24.2 Å². The molecule has 1 fully saturated rings. The van der Waals surface area contributed by atoms with Crippen molar-refractivity contribution >= 4 is 49.6 Å². The zero-order chi connectivity index (χ0) is 35.8. The van der Waals surface area contributed by atoms with Gasteiger partial charge in [0, 0.05) is 20.1 Å². The fourth-order valence-corrected chi connectivity index (χ4v) is 11.7. The number of nitrogens with one attached hydrogen (secondary N) is 2. The minimum Gasteiger partial charge on any atom is -0.418 e. The van der Waals surface area contributed by atoms with Gasteiger partial charge in [-0.15, -0.1) is 0 Å². The molecule has 1 aliphatic heterocycles. The molecule has 0 spiro atoms. The Kier molecular flexibility index (Phi) is 12.5. The number of unbranched alkanes of at least 4 members (excludes halogenated alkanes) is 2. The van der Waals surface area contributed by atoms with E-state index in [0.717, 1.165) is 36.1 Å². The highest BCUT2D eigenvalue weighted by Crippen LogP contribution is 2.44. The van der Waals surface area contributed by atoms with Crippen LogP contribution in [0.15, 0.2) is 73.3 Å². The molecule has 3 heterocycles. The van der Waals surface area contributed by atoms with Crippen LogP contribution in [-0.4, -0.2) is 85.9 Å². The Morgan fingerprint density at radius 3 is 2.18 bits per heavy atom. The summed E-state index contributed by atoms with van der Waals surface area (Å²) >= 11 is 0. The number of hydrogen-bond acceptors (Lipinski definition) is 9. The van der Waals surface area contributed by atoms with Crippen LogP contribution in [0.5, 0.6) is 0 Å². The van der Waals surface area contributed by atoms with E-state index in [1.54, 1.807) is 14.3 Å². The molecule has 0 aliphatic carbocycles. The number of fused-ring (bicyclic) bond motifs is 1. The SMILES string of the molecule is BNc1ncnc2c1ncn2[C@@H]1O[C@@](COCCCC)(CO[Si](c2ccccc2)(c2ccccc2)C(C)(C)C)C(OCCCC)[C@@H]1NC(C)=O. The molecule has 1 unspecified atom stereocenters. The normalized spacial score (nSPS) is 21.0. The molecule has 2 aromatic heterocycles. The topological polar surface area (TPSA) is 122 Å². The zero-order valence-corrected chi connectivity index (χ0v) is 31.6. The molecule has 11 nitrogen and oxygen atoms in total. The largest absolute Gasteiger partial charge is 0.418 e. The molecule has 1 aliphatic rings. The maximum Gasteiger partial charge on any atom is 0.261 e. The summed E-state index contributed by atoms with van der Waals surface area (Å²) in [6, 6.07) is 20.5. The quantitative estimate of drug-likeness (QED) is 0.124. The second kappa shape index (κ2) is 16.6. The van der Waals surface area contributed by atoms with Crippen LogP contribution in [0.1, 0.15) is 73.5 Å². The first-order chi connectivity index (χ1) is 24.1. The van der Waals surface area contributed by atoms with Crippen molar-refractivity contribution in [2.45, 2.75) is 96.2 Å². The molecule has 268 valence electrons. The highest BCUT2D eigenvalue weighted by Gasteiger charge is 2.60. The lowest BCUT2D eigenvalue weighted by Crippen LogP contribution is -2.68. The van der Waals surface area contributed by atoms with Gasteiger partial charge in [-0.3, -0.25) is 9.36 Å². The average molecular weight is 701 g/mol. The van der Waals surface area contributed by atoms with E-state index in [1.165, 1.54) is 13.3 Å². The fourth-order valence-electron chi connectivity index (χ4n) is 7.06. The Morgan fingerprint density at radius 2 is 1.60 bits per heavy atom. The van der Waals surface area contributed by atoms with Crippen molar-refractivity contribution in [3.63, 3.8) is 0 Å². The lowest BCUT2D eigenvalue weighted by Gasteiger charge is -2.45. The summed E-state index contributed by atoms with van der Waals surface area (Å²) in [6.45, 7) is 14.0. The molecule has 50 heavy (non-hydrogen) atoms. The predicted octanol–water partition coefficient (Wildman–Crippen LogP) is 4.14. The lowest BCUT2D eigenvalue weighted by molar-refractivity contribution is -0.167. The number of ether oxygens (including phenoxy) is 3. The number of anilines is 1. The number of benzene rings is 2. The minimum atomic E-state index is -3.01. The fraction of sp³-hybridized carbons (Fsp3) is 0.514. The van der Waals surface area contributed by atoms with E-state index >= 15 is 0 Å². The Labute approximate surface area is 298 Å². The highest BCUT2D eigenvalue weighted by atomic mass is 28.4. The smallest absolute Gasteiger partial charge is 0.261 e. The number of carbonyl (C=O) groups is 1. The van der Waals surface area contributed by atoms with Crippen LogP contribution < -0.4 is 20.9 Å². The van der Waals surface area contributed by atoms with E-state index in [1.807, 2.05) is 16.7 Å². The Balaban J connectivity index is 1.68. The third-order valence-electron chi connectivity index (χ3n) is 9.48. The van der Waals surface area contributed by atoms with Crippen LogP contribution in [0, 0.1) is 0 Å². The molecular weight excluding hydrogens is 647 g/mol. The van der Waals surface area contributed by atoms with Crippen molar-refractivity contribution in [2.75, 3.05) is 31.7 Å². The van der Waals surface area contributed by atoms with Crippen molar-refractivity contribution in [2.24, 2.45) is 0 Å². The van der Waals surface area contributed by atoms with Crippen LogP contribution in [-0.2, 0) is 23.4 Å². The van der Waals surface area contributed by atoms with Crippen molar-refractivity contribution in [3.05, 3.63) is 73.3 Å². The molecule has 2 N–H and O–H groups in total. The molecular formula is C37H53BN6O5Si. The van der Waals surface area contributed by atoms with Gasteiger partial charge in [0.2, 0.25) is 13.9 Å². The first kappa shape index (κ1) is 37.6. The number of nitrogens with zero attached hydrogens (tertiary/aromatic N) is 4. The molecule has 1 amide bonds. The van der Waals surface area contributed by atoms with Gasteiger partial charge >= 0.3 is 0 Å². The van der Waals surface area contributed by atoms with Gasteiger partial charge in [0.25, 0.3) is 8.32 Å². The average Bonchev–Trinajstić information content (AvgIpc) is 3.66. The van der Waals surface area contributed by atoms with E-state index < -0.39 is 32.3 Å². The van der Waals surface area contributed by atoms with Crippen molar-refractivity contribution < 1.29 is 23.4 Å². The van der Waals surface area contributed by atoms with Gasteiger partial charge in [-0.2, -0.15) is 0 Å². The standard InChI is InChI=1S/C37H53BN6O5Si/c1-7-9-21-46-23-37(24-48-50(36(4,5)6,28-17-13-11-14-18-28)29-19-15-12-16-20-29)32(47-22-10-8-2)30(42-27(3)45)35(49-37)44-26-41-31-33(43-38)39-25-40-34(31)44/h11-20,25-26,30,32,35H,7-10,21-24,38H2,1-6H3,(H,42,45)(H,39,40,43)/t30-,32?,35+,37-/m0/s1. The minimum absolute atomic E-state index is 0.166. The van der Waals surface area contributed by atoms with Gasteiger partial charge in [0.1, 0.15) is 35.4 Å². The van der Waals surface area contributed by atoms with E-state index in [0.29, 0.717) is 30.2 Å². The van der Waals surface area contributed by atoms with Crippen LogP contribution in [0.2, 0.25) is 5.04 Å². The zero-order valence-electron chi connectivity index (χ0n) is 30.6. The predicted molar refractivity (Wildman–Crippen MR) is 202 cm³/mol. The summed E-state index contributed by atoms with van der Waals surface area (Å²) in [5.74, 6) is 0.404. The number of imidazole rings is 1. The van der Waals surface area contributed by atoms with Gasteiger partial charge < -0.3 is 29.2 Å². The molecule has 0 radical (unpaired) electrons. The van der Waals surface area contributed by atoms with Crippen LogP contribution in [0.3, 0.4) is 0 Å². The number of aromatic nitrogens is 4. The van der Waals surface area contributed by atoms with Gasteiger partial charge in [-0.05, 0) is 28.3 Å². The van der Waals surface area contributed by atoms with E-state index in [2.05, 4.69) is 109 Å². The summed E-state index contributed by atoms with van der Waals surface area (Å²) in [5, 5.41) is 8.36. The number of carbonyl (C=O) groups excluding carboxylic acids is 1. The van der Waals surface area contributed by atoms with Crippen LogP contribution in [0.25, 0.3) is 11.2 Å². The van der Waals surface area contributed by atoms with Gasteiger partial charge in [-0.25, -0.2) is 15.0 Å². The first-order valence-electron chi connectivity index (χ1n) is 17.9. The second-order valence-electron chi connectivity index (χ2n) is 14.1. The lowest BCUT2D eigenvalue weighted by atomic mass is 9.94. The number of rotatable bonds is 17. The molecule has 4 atom stereocenters. The maximum absolute atomic E-state index is 12.9. The highest BCUT2D eigenvalue weighted by molar-refractivity contribution is 6.99. The summed E-state index contributed by atoms with van der Waals surface area (Å²) in [6.07, 6.45) is 5.55. The Bertz CT molecular complexity index is 1630. The molecule has 2 aromatic carbocycles. The Morgan fingerprint density at radius 1 is 0.960 bits per heavy atom. The van der Waals surface area contributed by atoms with Gasteiger partial charge in [-0.1, -0.05) is 108 Å². The second-order valence-corrected chi connectivity index (χ2v) is 18.4. The van der Waals surface area contributed by atoms with Crippen molar-refractivity contribution in [3.8, 4) is 0 Å². The monoisotopic (exact) mass is 700 g/mol. The van der Waals surface area contributed by atoms with Crippen molar-refractivity contribution in [1.82, 2.24) is 24.8 Å². The van der Waals surface area contributed by atoms with Crippen LogP contribution >= 0.6 is 0 Å². The summed E-state index contributed by atoms with van der Waals surface area (Å²) in [7, 11) is -1.21. The maximum atomic E-state index is 12.9. The van der Waals surface area contributed by atoms with E-state index in [9.17, 15) is 4.79 Å². The van der Waals surface area contributed by atoms with Gasteiger partial charge in [0.15, 0.2) is 11.9 Å². The Hall–Kier alpha value is -3.62. The molecule has 4 aromatic rings. The summed E-state index contributed by atoms with van der Waals surface area (Å²) in [4.78, 5) is 26.6. The first-order valence-corrected chi connectivity index (χ1v) is 19.8.